The summed E-state index contributed by atoms with van der Waals surface area (Å²) in [4.78, 5) is 29.3. The Morgan fingerprint density at radius 1 is 1.16 bits per heavy atom. The Labute approximate surface area is 156 Å². The number of anilines is 1. The molecule has 0 saturated carbocycles. The Morgan fingerprint density at radius 3 is 2.56 bits per heavy atom. The van der Waals surface area contributed by atoms with Crippen LogP contribution in [0.4, 0.5) is 5.69 Å². The van der Waals surface area contributed by atoms with Crippen LogP contribution in [0.2, 0.25) is 4.34 Å². The molecule has 0 unspecified atom stereocenters. The molecular formula is C18H20ClN3O2S. The van der Waals surface area contributed by atoms with Gasteiger partial charge in [-0.1, -0.05) is 17.7 Å². The third-order valence-corrected chi connectivity index (χ3v) is 5.31. The van der Waals surface area contributed by atoms with Crippen molar-refractivity contribution >= 4 is 40.4 Å². The molecule has 1 N–H and O–H groups in total. The molecule has 0 atom stereocenters. The molecule has 0 aliphatic carbocycles. The van der Waals surface area contributed by atoms with E-state index in [4.69, 9.17) is 11.6 Å². The average molecular weight is 378 g/mol. The van der Waals surface area contributed by atoms with Crippen LogP contribution in [0.25, 0.3) is 0 Å². The molecule has 2 amide bonds. The van der Waals surface area contributed by atoms with Crippen molar-refractivity contribution in [3.63, 3.8) is 0 Å². The van der Waals surface area contributed by atoms with Crippen molar-refractivity contribution in [3.05, 3.63) is 51.2 Å². The van der Waals surface area contributed by atoms with Gasteiger partial charge in [0.25, 0.3) is 5.91 Å². The number of carbonyl (C=O) groups excluding carboxylic acids is 2. The summed E-state index contributed by atoms with van der Waals surface area (Å²) < 4.78 is 0.808. The second-order valence-corrected chi connectivity index (χ2v) is 7.84. The zero-order chi connectivity index (χ0) is 17.8. The number of amides is 2. The van der Waals surface area contributed by atoms with Crippen LogP contribution in [-0.2, 0) is 11.3 Å². The Bertz CT molecular complexity index is 769. The number of hydrogen-bond acceptors (Lipinski definition) is 4. The summed E-state index contributed by atoms with van der Waals surface area (Å²) in [7, 11) is 0. The van der Waals surface area contributed by atoms with E-state index in [1.807, 2.05) is 11.0 Å². The van der Waals surface area contributed by atoms with Crippen LogP contribution in [0.5, 0.6) is 0 Å². The van der Waals surface area contributed by atoms with Gasteiger partial charge in [-0.25, -0.2) is 0 Å². The van der Waals surface area contributed by atoms with Gasteiger partial charge in [0, 0.05) is 55.8 Å². The van der Waals surface area contributed by atoms with Gasteiger partial charge < -0.3 is 10.2 Å². The smallest absolute Gasteiger partial charge is 0.254 e. The maximum absolute atomic E-state index is 12.7. The van der Waals surface area contributed by atoms with E-state index < -0.39 is 0 Å². The van der Waals surface area contributed by atoms with Gasteiger partial charge in [0.1, 0.15) is 0 Å². The molecule has 1 aromatic heterocycles. The molecule has 3 rings (SSSR count). The number of carbonyl (C=O) groups is 2. The summed E-state index contributed by atoms with van der Waals surface area (Å²) in [5, 5.41) is 2.71. The van der Waals surface area contributed by atoms with Crippen molar-refractivity contribution in [1.29, 1.82) is 0 Å². The first-order valence-corrected chi connectivity index (χ1v) is 9.34. The number of piperazine rings is 1. The summed E-state index contributed by atoms with van der Waals surface area (Å²) in [5.41, 5.74) is 1.25. The van der Waals surface area contributed by atoms with Crippen molar-refractivity contribution in [2.45, 2.75) is 13.5 Å². The van der Waals surface area contributed by atoms with Gasteiger partial charge in [0.2, 0.25) is 5.91 Å². The zero-order valence-electron chi connectivity index (χ0n) is 14.0. The highest BCUT2D eigenvalue weighted by Crippen LogP contribution is 2.23. The van der Waals surface area contributed by atoms with E-state index in [0.717, 1.165) is 24.0 Å². The summed E-state index contributed by atoms with van der Waals surface area (Å²) in [6.07, 6.45) is 0. The van der Waals surface area contributed by atoms with Gasteiger partial charge in [0.05, 0.1) is 4.34 Å². The molecule has 1 aliphatic heterocycles. The number of rotatable bonds is 4. The van der Waals surface area contributed by atoms with Crippen LogP contribution in [0, 0.1) is 0 Å². The van der Waals surface area contributed by atoms with E-state index in [9.17, 15) is 9.59 Å². The fourth-order valence-corrected chi connectivity index (χ4v) is 4.01. The Morgan fingerprint density at radius 2 is 1.92 bits per heavy atom. The molecule has 0 bridgehead atoms. The maximum atomic E-state index is 12.7. The van der Waals surface area contributed by atoms with Gasteiger partial charge in [-0.3, -0.25) is 14.5 Å². The summed E-state index contributed by atoms with van der Waals surface area (Å²) in [6.45, 7) is 5.40. The van der Waals surface area contributed by atoms with Gasteiger partial charge in [-0.2, -0.15) is 0 Å². The van der Waals surface area contributed by atoms with Crippen LogP contribution in [0.15, 0.2) is 36.4 Å². The number of benzene rings is 1. The molecule has 7 heteroatoms. The first kappa shape index (κ1) is 17.9. The average Bonchev–Trinajstić information content (AvgIpc) is 2.99. The van der Waals surface area contributed by atoms with Gasteiger partial charge in [-0.05, 0) is 30.3 Å². The van der Waals surface area contributed by atoms with Crippen molar-refractivity contribution in [3.8, 4) is 0 Å². The predicted octanol–water partition coefficient (Wildman–Crippen LogP) is 3.32. The molecule has 2 heterocycles. The third-order valence-electron chi connectivity index (χ3n) is 4.10. The van der Waals surface area contributed by atoms with E-state index in [-0.39, 0.29) is 11.8 Å². The Kier molecular flexibility index (Phi) is 5.73. The fourth-order valence-electron chi connectivity index (χ4n) is 2.88. The van der Waals surface area contributed by atoms with E-state index >= 15 is 0 Å². The number of nitrogens with zero attached hydrogens (tertiary/aromatic N) is 2. The van der Waals surface area contributed by atoms with E-state index in [2.05, 4.69) is 16.3 Å². The van der Waals surface area contributed by atoms with Crippen molar-refractivity contribution in [1.82, 2.24) is 9.80 Å². The highest BCUT2D eigenvalue weighted by atomic mass is 35.5. The van der Waals surface area contributed by atoms with Crippen molar-refractivity contribution < 1.29 is 9.59 Å². The first-order valence-electron chi connectivity index (χ1n) is 8.15. The number of nitrogens with one attached hydrogen (secondary N) is 1. The van der Waals surface area contributed by atoms with E-state index in [1.165, 1.54) is 11.8 Å². The van der Waals surface area contributed by atoms with Crippen molar-refractivity contribution in [2.24, 2.45) is 0 Å². The van der Waals surface area contributed by atoms with E-state index in [1.54, 1.807) is 35.6 Å². The summed E-state index contributed by atoms with van der Waals surface area (Å²) in [5.74, 6) is -0.141. The standard InChI is InChI=1S/C18H20ClN3O2S/c1-13(23)20-15-4-2-3-14(11-15)18(24)22-9-7-21(8-10-22)12-16-5-6-17(19)25-16/h2-6,11H,7-10,12H2,1H3,(H,20,23). The van der Waals surface area contributed by atoms with Gasteiger partial charge >= 0.3 is 0 Å². The normalized spacial score (nSPS) is 15.2. The Balaban J connectivity index is 1.57. The highest BCUT2D eigenvalue weighted by Gasteiger charge is 2.22. The van der Waals surface area contributed by atoms with Crippen molar-refractivity contribution in [2.75, 3.05) is 31.5 Å². The van der Waals surface area contributed by atoms with Crippen LogP contribution >= 0.6 is 22.9 Å². The highest BCUT2D eigenvalue weighted by molar-refractivity contribution is 7.16. The number of hydrogen-bond donors (Lipinski definition) is 1. The molecule has 1 saturated heterocycles. The molecule has 25 heavy (non-hydrogen) atoms. The lowest BCUT2D eigenvalue weighted by atomic mass is 10.1. The van der Waals surface area contributed by atoms with Gasteiger partial charge in [0.15, 0.2) is 0 Å². The first-order chi connectivity index (χ1) is 12.0. The Hall–Kier alpha value is -1.89. The molecule has 5 nitrogen and oxygen atoms in total. The minimum atomic E-state index is -0.146. The lowest BCUT2D eigenvalue weighted by molar-refractivity contribution is -0.114. The maximum Gasteiger partial charge on any atom is 0.254 e. The predicted molar refractivity (Wildman–Crippen MR) is 101 cm³/mol. The number of halogens is 1. The quantitative estimate of drug-likeness (QED) is 0.889. The zero-order valence-corrected chi connectivity index (χ0v) is 15.6. The lowest BCUT2D eigenvalue weighted by Crippen LogP contribution is -2.48. The largest absolute Gasteiger partial charge is 0.336 e. The molecule has 1 aliphatic rings. The molecule has 1 aromatic carbocycles. The minimum Gasteiger partial charge on any atom is -0.336 e. The summed E-state index contributed by atoms with van der Waals surface area (Å²) >= 11 is 7.58. The molecule has 132 valence electrons. The van der Waals surface area contributed by atoms with Crippen LogP contribution in [0.3, 0.4) is 0 Å². The monoisotopic (exact) mass is 377 g/mol. The molecule has 2 aromatic rings. The second-order valence-electron chi connectivity index (χ2n) is 6.04. The van der Waals surface area contributed by atoms with Crippen LogP contribution in [0.1, 0.15) is 22.2 Å². The molecule has 0 radical (unpaired) electrons. The topological polar surface area (TPSA) is 52.7 Å². The van der Waals surface area contributed by atoms with Gasteiger partial charge in [-0.15, -0.1) is 11.3 Å². The summed E-state index contributed by atoms with van der Waals surface area (Å²) in [6, 6.07) is 11.1. The second kappa shape index (κ2) is 7.99. The third kappa shape index (κ3) is 4.81. The van der Waals surface area contributed by atoms with E-state index in [0.29, 0.717) is 24.3 Å². The SMILES string of the molecule is CC(=O)Nc1cccc(C(=O)N2CCN(Cc3ccc(Cl)s3)CC2)c1. The van der Waals surface area contributed by atoms with Crippen LogP contribution in [-0.4, -0.2) is 47.8 Å². The van der Waals surface area contributed by atoms with Crippen LogP contribution < -0.4 is 5.32 Å². The molecular weight excluding hydrogens is 358 g/mol. The molecule has 0 spiro atoms. The fraction of sp³-hybridized carbons (Fsp3) is 0.333. The molecule has 1 fully saturated rings. The number of thiophene rings is 1. The lowest BCUT2D eigenvalue weighted by Gasteiger charge is -2.34. The minimum absolute atomic E-state index is 0.00557.